The Balaban J connectivity index is 2.98. The van der Waals surface area contributed by atoms with E-state index in [9.17, 15) is 9.90 Å². The molecule has 4 atom stereocenters. The molecule has 5 heteroatoms. The number of methoxy groups -OCH3 is 1. The molecule has 4 N–H and O–H groups in total. The van der Waals surface area contributed by atoms with Crippen molar-refractivity contribution in [2.75, 3.05) is 7.11 Å². The lowest BCUT2D eigenvalue weighted by Gasteiger charge is -2.40. The maximum absolute atomic E-state index is 11.2. The van der Waals surface area contributed by atoms with Crippen molar-refractivity contribution in [2.45, 2.75) is 63.8 Å². The number of carboxylic acids is 1. The van der Waals surface area contributed by atoms with Gasteiger partial charge in [-0.3, -0.25) is 10.1 Å². The van der Waals surface area contributed by atoms with Crippen LogP contribution in [0.5, 0.6) is 0 Å². The summed E-state index contributed by atoms with van der Waals surface area (Å²) in [5.74, 6) is -0.686. The van der Waals surface area contributed by atoms with Crippen molar-refractivity contribution in [3.8, 4) is 0 Å². The van der Waals surface area contributed by atoms with Gasteiger partial charge in [-0.25, -0.2) is 0 Å². The van der Waals surface area contributed by atoms with Crippen LogP contribution in [0.3, 0.4) is 0 Å². The zero-order valence-electron chi connectivity index (χ0n) is 12.9. The summed E-state index contributed by atoms with van der Waals surface area (Å²) in [5.41, 5.74) is 6.05. The van der Waals surface area contributed by atoms with E-state index >= 15 is 0 Å². The number of nitrogens with one attached hydrogen (secondary N) is 1. The topological polar surface area (TPSA) is 84.6 Å². The summed E-state index contributed by atoms with van der Waals surface area (Å²) in [6, 6.07) is -0.851. The first-order valence-electron chi connectivity index (χ1n) is 7.38. The molecule has 1 fully saturated rings. The Hall–Kier alpha value is -0.910. The van der Waals surface area contributed by atoms with Crippen molar-refractivity contribution in [1.82, 2.24) is 5.32 Å². The molecule has 0 amide bonds. The lowest BCUT2D eigenvalue weighted by molar-refractivity contribution is -0.139. The second-order valence-corrected chi connectivity index (χ2v) is 5.51. The minimum absolute atomic E-state index is 0.0767. The number of nitrogens with two attached hydrogens (primary N) is 1. The number of allylic oxidation sites excluding steroid dienone is 1. The molecular weight excluding hydrogens is 256 g/mol. The molecule has 0 radical (unpaired) electrons. The molecule has 116 valence electrons. The standard InChI is InChI=1S/C15H28N2O3/c1-5-8-10-9-11(14(18)19)17-12(10)13(16)15(6-2,7-3)20-4/h5,8,10-13,17H,6-7,9,16H2,1-4H3,(H,18,19)/b8-5-/t10-,11-,12?,13?/m1/s1. The van der Waals surface area contributed by atoms with E-state index in [0.717, 1.165) is 12.8 Å². The fraction of sp³-hybridized carbons (Fsp3) is 0.800. The molecule has 1 aliphatic heterocycles. The van der Waals surface area contributed by atoms with Crippen molar-refractivity contribution in [3.63, 3.8) is 0 Å². The van der Waals surface area contributed by atoms with Crippen LogP contribution in [0, 0.1) is 5.92 Å². The number of hydrogen-bond acceptors (Lipinski definition) is 4. The molecule has 1 aliphatic rings. The zero-order valence-corrected chi connectivity index (χ0v) is 12.9. The van der Waals surface area contributed by atoms with Crippen LogP contribution < -0.4 is 11.1 Å². The summed E-state index contributed by atoms with van der Waals surface area (Å²) in [4.78, 5) is 11.2. The van der Waals surface area contributed by atoms with E-state index in [1.54, 1.807) is 7.11 Å². The van der Waals surface area contributed by atoms with Gasteiger partial charge in [-0.1, -0.05) is 26.0 Å². The second-order valence-electron chi connectivity index (χ2n) is 5.51. The van der Waals surface area contributed by atoms with Crippen LogP contribution in [0.4, 0.5) is 0 Å². The summed E-state index contributed by atoms with van der Waals surface area (Å²) in [5, 5.41) is 12.4. The summed E-state index contributed by atoms with van der Waals surface area (Å²) in [6.07, 6.45) is 6.19. The molecule has 1 heterocycles. The van der Waals surface area contributed by atoms with Crippen LogP contribution in [0.2, 0.25) is 0 Å². The first-order chi connectivity index (χ1) is 9.45. The first kappa shape index (κ1) is 17.1. The van der Waals surface area contributed by atoms with Crippen LogP contribution in [-0.4, -0.2) is 41.9 Å². The van der Waals surface area contributed by atoms with Crippen LogP contribution in [0.1, 0.15) is 40.0 Å². The first-order valence-corrected chi connectivity index (χ1v) is 7.38. The molecule has 1 saturated heterocycles. The van der Waals surface area contributed by atoms with Gasteiger partial charge in [0.05, 0.1) is 5.60 Å². The van der Waals surface area contributed by atoms with Crippen molar-refractivity contribution in [2.24, 2.45) is 11.7 Å². The molecule has 20 heavy (non-hydrogen) atoms. The van der Waals surface area contributed by atoms with Gasteiger partial charge in [0.1, 0.15) is 6.04 Å². The van der Waals surface area contributed by atoms with Crippen molar-refractivity contribution in [1.29, 1.82) is 0 Å². The highest BCUT2D eigenvalue weighted by molar-refractivity contribution is 5.74. The van der Waals surface area contributed by atoms with E-state index in [4.69, 9.17) is 10.5 Å². The van der Waals surface area contributed by atoms with Gasteiger partial charge in [0.2, 0.25) is 0 Å². The number of aliphatic carboxylic acids is 1. The number of carbonyl (C=O) groups is 1. The normalized spacial score (nSPS) is 28.9. The van der Waals surface area contributed by atoms with Crippen molar-refractivity contribution < 1.29 is 14.6 Å². The van der Waals surface area contributed by atoms with Crippen molar-refractivity contribution in [3.05, 3.63) is 12.2 Å². The largest absolute Gasteiger partial charge is 0.480 e. The van der Waals surface area contributed by atoms with Gasteiger partial charge in [-0.05, 0) is 32.1 Å². The summed E-state index contributed by atoms with van der Waals surface area (Å²) >= 11 is 0. The fourth-order valence-corrected chi connectivity index (χ4v) is 3.30. The Morgan fingerprint density at radius 3 is 2.55 bits per heavy atom. The zero-order chi connectivity index (χ0) is 15.3. The highest BCUT2D eigenvalue weighted by atomic mass is 16.5. The van der Waals surface area contributed by atoms with Gasteiger partial charge in [-0.2, -0.15) is 0 Å². The van der Waals surface area contributed by atoms with E-state index in [1.165, 1.54) is 0 Å². The van der Waals surface area contributed by atoms with Gasteiger partial charge < -0.3 is 15.6 Å². The molecule has 0 saturated carbocycles. The Kier molecular flexibility index (Phi) is 6.17. The summed E-state index contributed by atoms with van der Waals surface area (Å²) in [7, 11) is 1.68. The summed E-state index contributed by atoms with van der Waals surface area (Å²) < 4.78 is 5.70. The average Bonchev–Trinajstić information content (AvgIpc) is 2.86. The van der Waals surface area contributed by atoms with E-state index in [-0.39, 0.29) is 18.0 Å². The van der Waals surface area contributed by atoms with E-state index in [2.05, 4.69) is 19.2 Å². The van der Waals surface area contributed by atoms with Crippen LogP contribution in [-0.2, 0) is 9.53 Å². The highest BCUT2D eigenvalue weighted by Crippen LogP contribution is 2.32. The van der Waals surface area contributed by atoms with Crippen molar-refractivity contribution >= 4 is 5.97 Å². The Bertz CT molecular complexity index is 345. The van der Waals surface area contributed by atoms with E-state index in [0.29, 0.717) is 6.42 Å². The van der Waals surface area contributed by atoms with Crippen LogP contribution >= 0.6 is 0 Å². The molecule has 0 spiro atoms. The number of rotatable bonds is 7. The number of carboxylic acid groups (broad SMARTS) is 1. The third-order valence-corrected chi connectivity index (χ3v) is 4.70. The van der Waals surface area contributed by atoms with Gasteiger partial charge >= 0.3 is 5.97 Å². The minimum atomic E-state index is -0.815. The predicted octanol–water partition coefficient (Wildman–Crippen LogP) is 1.53. The molecule has 1 rings (SSSR count). The maximum Gasteiger partial charge on any atom is 0.320 e. The molecule has 5 nitrogen and oxygen atoms in total. The van der Waals surface area contributed by atoms with Gasteiger partial charge in [0.25, 0.3) is 0 Å². The molecule has 0 bridgehead atoms. The molecule has 0 aromatic carbocycles. The Labute approximate surface area is 121 Å². The molecule has 0 aliphatic carbocycles. The van der Waals surface area contributed by atoms with Gasteiger partial charge in [-0.15, -0.1) is 0 Å². The highest BCUT2D eigenvalue weighted by Gasteiger charge is 2.46. The Morgan fingerprint density at radius 1 is 1.55 bits per heavy atom. The average molecular weight is 284 g/mol. The monoisotopic (exact) mass is 284 g/mol. The lowest BCUT2D eigenvalue weighted by Crippen LogP contribution is -2.60. The number of hydrogen-bond donors (Lipinski definition) is 3. The lowest BCUT2D eigenvalue weighted by atomic mass is 9.80. The smallest absolute Gasteiger partial charge is 0.320 e. The minimum Gasteiger partial charge on any atom is -0.480 e. The van der Waals surface area contributed by atoms with Crippen LogP contribution in [0.25, 0.3) is 0 Å². The summed E-state index contributed by atoms with van der Waals surface area (Å²) in [6.45, 7) is 6.06. The second kappa shape index (κ2) is 7.20. The quantitative estimate of drug-likeness (QED) is 0.617. The molecule has 2 unspecified atom stereocenters. The molecular formula is C15H28N2O3. The van der Waals surface area contributed by atoms with Crippen LogP contribution in [0.15, 0.2) is 12.2 Å². The molecule has 0 aromatic rings. The third kappa shape index (κ3) is 3.22. The van der Waals surface area contributed by atoms with E-state index in [1.807, 2.05) is 19.1 Å². The maximum atomic E-state index is 11.2. The molecule has 0 aromatic heterocycles. The van der Waals surface area contributed by atoms with Gasteiger partial charge in [0.15, 0.2) is 0 Å². The van der Waals surface area contributed by atoms with E-state index < -0.39 is 17.6 Å². The number of ether oxygens (including phenoxy) is 1. The fourth-order valence-electron chi connectivity index (χ4n) is 3.30. The third-order valence-electron chi connectivity index (χ3n) is 4.70. The van der Waals surface area contributed by atoms with Gasteiger partial charge in [0, 0.05) is 19.2 Å². The Morgan fingerprint density at radius 2 is 2.15 bits per heavy atom. The predicted molar refractivity (Wildman–Crippen MR) is 79.6 cm³/mol. The SMILES string of the molecule is C/C=C\[C@@H]1C[C@H](C(=O)O)NC1C(N)C(CC)(CC)OC.